The first kappa shape index (κ1) is 20.1. The minimum atomic E-state index is -0.602. The Hall–Kier alpha value is -3.19. The molecule has 0 unspecified atom stereocenters. The standard InChI is InChI=1S/C22H20FN5O.ClH/c23-16-4-1-5-18-19(16)20(24)27-22(26-18)8-11-28(12-9-22)21(29)15-6-7-17-14(13-15)3-2-10-25-17;/h1-7,10,13,26H,8-9,11-12H2,(H2,24,27);1H. The van der Waals surface area contributed by atoms with Crippen molar-refractivity contribution in [2.24, 2.45) is 10.7 Å². The smallest absolute Gasteiger partial charge is 0.253 e. The van der Waals surface area contributed by atoms with Gasteiger partial charge < -0.3 is 16.0 Å². The van der Waals surface area contributed by atoms with Gasteiger partial charge >= 0.3 is 0 Å². The molecule has 2 aliphatic heterocycles. The maximum absolute atomic E-state index is 14.1. The molecule has 0 atom stereocenters. The van der Waals surface area contributed by atoms with Gasteiger partial charge in [0.15, 0.2) is 0 Å². The van der Waals surface area contributed by atoms with Gasteiger partial charge in [0.2, 0.25) is 0 Å². The Bertz CT molecular complexity index is 1160. The van der Waals surface area contributed by atoms with Gasteiger partial charge in [-0.15, -0.1) is 12.4 Å². The number of aliphatic imine (C=N–C) groups is 1. The molecule has 1 fully saturated rings. The van der Waals surface area contributed by atoms with Crippen LogP contribution in [0, 0.1) is 5.82 Å². The molecule has 5 rings (SSSR count). The van der Waals surface area contributed by atoms with Gasteiger partial charge in [0.25, 0.3) is 5.91 Å². The number of halogens is 2. The first-order chi connectivity index (χ1) is 14.0. The van der Waals surface area contributed by atoms with Gasteiger partial charge in [-0.2, -0.15) is 0 Å². The van der Waals surface area contributed by atoms with Crippen molar-refractivity contribution in [1.82, 2.24) is 9.88 Å². The van der Waals surface area contributed by atoms with E-state index < -0.39 is 5.66 Å². The monoisotopic (exact) mass is 425 g/mol. The van der Waals surface area contributed by atoms with Crippen LogP contribution in [0.5, 0.6) is 0 Å². The van der Waals surface area contributed by atoms with Crippen LogP contribution in [0.25, 0.3) is 10.9 Å². The van der Waals surface area contributed by atoms with Crippen molar-refractivity contribution >= 4 is 40.7 Å². The van der Waals surface area contributed by atoms with Crippen molar-refractivity contribution in [3.63, 3.8) is 0 Å². The van der Waals surface area contributed by atoms with E-state index in [0.717, 1.165) is 10.9 Å². The number of aromatic nitrogens is 1. The van der Waals surface area contributed by atoms with Crippen LogP contribution in [0.4, 0.5) is 10.1 Å². The minimum absolute atomic E-state index is 0. The summed E-state index contributed by atoms with van der Waals surface area (Å²) in [6.45, 7) is 1.08. The SMILES string of the molecule is Cl.NC1=NC2(CCN(C(=O)c3ccc4ncccc4c3)CC2)Nc2cccc(F)c21. The van der Waals surface area contributed by atoms with Crippen molar-refractivity contribution in [1.29, 1.82) is 0 Å². The molecule has 2 aliphatic rings. The molecule has 0 saturated carbocycles. The van der Waals surface area contributed by atoms with Crippen molar-refractivity contribution in [2.45, 2.75) is 18.5 Å². The third-order valence-electron chi connectivity index (χ3n) is 5.70. The Kier molecular flexibility index (Phi) is 5.07. The van der Waals surface area contributed by atoms with Gasteiger partial charge in [-0.05, 0) is 36.4 Å². The predicted octanol–water partition coefficient (Wildman–Crippen LogP) is 3.56. The normalized spacial score (nSPS) is 17.0. The summed E-state index contributed by atoms with van der Waals surface area (Å²) >= 11 is 0. The van der Waals surface area contributed by atoms with Gasteiger partial charge in [-0.1, -0.05) is 12.1 Å². The van der Waals surface area contributed by atoms with Crippen molar-refractivity contribution < 1.29 is 9.18 Å². The number of pyridine rings is 1. The van der Waals surface area contributed by atoms with Gasteiger partial charge in [-0.25, -0.2) is 9.38 Å². The number of nitrogens with zero attached hydrogens (tertiary/aromatic N) is 3. The lowest BCUT2D eigenvalue weighted by Gasteiger charge is -2.42. The Morgan fingerprint density at radius 3 is 2.73 bits per heavy atom. The molecule has 0 radical (unpaired) electrons. The fourth-order valence-corrected chi connectivity index (χ4v) is 4.16. The van der Waals surface area contributed by atoms with Crippen molar-refractivity contribution in [3.8, 4) is 0 Å². The third kappa shape index (κ3) is 3.35. The molecule has 1 aromatic heterocycles. The maximum Gasteiger partial charge on any atom is 0.253 e. The van der Waals surface area contributed by atoms with Crippen LogP contribution in [0.1, 0.15) is 28.8 Å². The van der Waals surface area contributed by atoms with Gasteiger partial charge in [-0.3, -0.25) is 9.78 Å². The number of nitrogens with one attached hydrogen (secondary N) is 1. The second-order valence-corrected chi connectivity index (χ2v) is 7.52. The molecule has 1 amide bonds. The lowest BCUT2D eigenvalue weighted by atomic mass is 9.93. The zero-order valence-electron chi connectivity index (χ0n) is 16.1. The molecule has 8 heteroatoms. The number of hydrogen-bond donors (Lipinski definition) is 2. The Morgan fingerprint density at radius 2 is 1.93 bits per heavy atom. The highest BCUT2D eigenvalue weighted by Gasteiger charge is 2.39. The number of likely N-dealkylation sites (tertiary alicyclic amines) is 1. The fourth-order valence-electron chi connectivity index (χ4n) is 4.16. The highest BCUT2D eigenvalue weighted by atomic mass is 35.5. The Balaban J connectivity index is 0.00000218. The quantitative estimate of drug-likeness (QED) is 0.624. The number of piperidine rings is 1. The van der Waals surface area contributed by atoms with E-state index in [1.54, 1.807) is 12.3 Å². The fraction of sp³-hybridized carbons (Fsp3) is 0.227. The molecule has 0 aliphatic carbocycles. The first-order valence-corrected chi connectivity index (χ1v) is 9.61. The summed E-state index contributed by atoms with van der Waals surface area (Å²) in [6.07, 6.45) is 2.94. The number of carbonyl (C=O) groups is 1. The molecule has 3 N–H and O–H groups in total. The molecule has 3 aromatic rings. The van der Waals surface area contributed by atoms with Crippen molar-refractivity contribution in [3.05, 3.63) is 71.7 Å². The lowest BCUT2D eigenvalue weighted by Crippen LogP contribution is -2.52. The summed E-state index contributed by atoms with van der Waals surface area (Å²) < 4.78 is 14.1. The number of rotatable bonds is 1. The summed E-state index contributed by atoms with van der Waals surface area (Å²) in [5, 5.41) is 4.29. The van der Waals surface area contributed by atoms with E-state index in [-0.39, 0.29) is 30.0 Å². The summed E-state index contributed by atoms with van der Waals surface area (Å²) in [5.74, 6) is -0.187. The van der Waals surface area contributed by atoms with E-state index in [1.807, 2.05) is 41.3 Å². The summed E-state index contributed by atoms with van der Waals surface area (Å²) in [6, 6.07) is 14.2. The predicted molar refractivity (Wildman–Crippen MR) is 118 cm³/mol. The number of nitrogens with two attached hydrogens (primary N) is 1. The summed E-state index contributed by atoms with van der Waals surface area (Å²) in [7, 11) is 0. The zero-order valence-corrected chi connectivity index (χ0v) is 17.0. The van der Waals surface area contributed by atoms with E-state index in [9.17, 15) is 9.18 Å². The first-order valence-electron chi connectivity index (χ1n) is 9.61. The van der Waals surface area contributed by atoms with E-state index in [0.29, 0.717) is 42.7 Å². The third-order valence-corrected chi connectivity index (χ3v) is 5.70. The molecule has 3 heterocycles. The van der Waals surface area contributed by atoms with Crippen LogP contribution in [-0.4, -0.2) is 40.4 Å². The average Bonchev–Trinajstić information content (AvgIpc) is 2.73. The highest BCUT2D eigenvalue weighted by Crippen LogP contribution is 2.35. The van der Waals surface area contributed by atoms with Crippen LogP contribution in [0.3, 0.4) is 0 Å². The minimum Gasteiger partial charge on any atom is -0.383 e. The zero-order chi connectivity index (χ0) is 20.0. The molecule has 30 heavy (non-hydrogen) atoms. The second kappa shape index (κ2) is 7.57. The van der Waals surface area contributed by atoms with Gasteiger partial charge in [0, 0.05) is 48.8 Å². The van der Waals surface area contributed by atoms with Crippen LogP contribution < -0.4 is 11.1 Å². The lowest BCUT2D eigenvalue weighted by molar-refractivity contribution is 0.0686. The Labute approximate surface area is 179 Å². The van der Waals surface area contributed by atoms with Crippen LogP contribution in [0.2, 0.25) is 0 Å². The Morgan fingerprint density at radius 1 is 1.13 bits per heavy atom. The number of amides is 1. The molecular weight excluding hydrogens is 405 g/mol. The summed E-state index contributed by atoms with van der Waals surface area (Å²) in [5.41, 5.74) is 7.96. The summed E-state index contributed by atoms with van der Waals surface area (Å²) in [4.78, 5) is 23.7. The molecule has 2 aromatic carbocycles. The van der Waals surface area contributed by atoms with Crippen molar-refractivity contribution in [2.75, 3.05) is 18.4 Å². The number of carbonyl (C=O) groups excluding carboxylic acids is 1. The highest BCUT2D eigenvalue weighted by molar-refractivity contribution is 6.04. The van der Waals surface area contributed by atoms with E-state index in [2.05, 4.69) is 15.3 Å². The number of fused-ring (bicyclic) bond motifs is 2. The van der Waals surface area contributed by atoms with E-state index in [4.69, 9.17) is 5.73 Å². The largest absolute Gasteiger partial charge is 0.383 e. The van der Waals surface area contributed by atoms with Crippen LogP contribution in [0.15, 0.2) is 59.7 Å². The maximum atomic E-state index is 14.1. The molecule has 154 valence electrons. The van der Waals surface area contributed by atoms with Gasteiger partial charge in [0.1, 0.15) is 17.3 Å². The average molecular weight is 426 g/mol. The molecule has 0 bridgehead atoms. The topological polar surface area (TPSA) is 83.6 Å². The van der Waals surface area contributed by atoms with Gasteiger partial charge in [0.05, 0.1) is 11.1 Å². The van der Waals surface area contributed by atoms with E-state index >= 15 is 0 Å². The molecule has 1 saturated heterocycles. The molecular formula is C22H21ClFN5O. The number of hydrogen-bond acceptors (Lipinski definition) is 5. The number of anilines is 1. The molecule has 1 spiro atoms. The van der Waals surface area contributed by atoms with Crippen LogP contribution >= 0.6 is 12.4 Å². The number of amidine groups is 1. The number of benzene rings is 2. The van der Waals surface area contributed by atoms with E-state index in [1.165, 1.54) is 6.07 Å². The molecule has 6 nitrogen and oxygen atoms in total. The second-order valence-electron chi connectivity index (χ2n) is 7.52. The van der Waals surface area contributed by atoms with Crippen LogP contribution in [-0.2, 0) is 0 Å².